The lowest BCUT2D eigenvalue weighted by Gasteiger charge is -2.30. The SMILES string of the molecule is O=C([C@@H]1CCCN1)N1CCC[C@H]1C(O)COc1ccccc1. The van der Waals surface area contributed by atoms with Gasteiger partial charge in [0.2, 0.25) is 5.91 Å². The maximum Gasteiger partial charge on any atom is 0.240 e. The van der Waals surface area contributed by atoms with Crippen LogP contribution in [0, 0.1) is 0 Å². The molecule has 0 aliphatic carbocycles. The monoisotopic (exact) mass is 304 g/mol. The Kier molecular flexibility index (Phi) is 4.95. The summed E-state index contributed by atoms with van der Waals surface area (Å²) in [6, 6.07) is 9.27. The number of ether oxygens (including phenoxy) is 1. The van der Waals surface area contributed by atoms with Crippen molar-refractivity contribution >= 4 is 5.91 Å². The molecular formula is C17H24N2O3. The lowest BCUT2D eigenvalue weighted by molar-refractivity contribution is -0.136. The number of carbonyl (C=O) groups is 1. The van der Waals surface area contributed by atoms with Crippen LogP contribution in [0.1, 0.15) is 25.7 Å². The topological polar surface area (TPSA) is 61.8 Å². The standard InChI is InChI=1S/C17H24N2O3/c20-16(12-22-13-6-2-1-3-7-13)15-9-5-11-19(15)17(21)14-8-4-10-18-14/h1-3,6-7,14-16,18,20H,4-5,8-12H2/t14-,15-,16?/m0/s1. The van der Waals surface area contributed by atoms with Crippen molar-refractivity contribution in [3.05, 3.63) is 30.3 Å². The fourth-order valence-corrected chi connectivity index (χ4v) is 3.37. The molecule has 0 bridgehead atoms. The average molecular weight is 304 g/mol. The third-order valence-corrected chi connectivity index (χ3v) is 4.55. The van der Waals surface area contributed by atoms with Gasteiger partial charge in [0.1, 0.15) is 18.5 Å². The maximum atomic E-state index is 12.5. The van der Waals surface area contributed by atoms with Crippen molar-refractivity contribution in [3.63, 3.8) is 0 Å². The summed E-state index contributed by atoms with van der Waals surface area (Å²) < 4.78 is 5.63. The summed E-state index contributed by atoms with van der Waals surface area (Å²) >= 11 is 0. The van der Waals surface area contributed by atoms with Gasteiger partial charge in [0.05, 0.1) is 12.1 Å². The van der Waals surface area contributed by atoms with E-state index in [1.807, 2.05) is 35.2 Å². The number of aliphatic hydroxyl groups excluding tert-OH is 1. The van der Waals surface area contributed by atoms with E-state index in [-0.39, 0.29) is 24.6 Å². The van der Waals surface area contributed by atoms with Gasteiger partial charge in [-0.1, -0.05) is 18.2 Å². The molecule has 0 saturated carbocycles. The van der Waals surface area contributed by atoms with Gasteiger partial charge in [0.15, 0.2) is 0 Å². The molecule has 3 atom stereocenters. The molecule has 0 radical (unpaired) electrons. The molecule has 1 unspecified atom stereocenters. The zero-order valence-corrected chi connectivity index (χ0v) is 12.8. The molecule has 5 heteroatoms. The Labute approximate surface area is 131 Å². The van der Waals surface area contributed by atoms with E-state index in [9.17, 15) is 9.90 Å². The van der Waals surface area contributed by atoms with E-state index in [1.165, 1.54) is 0 Å². The van der Waals surface area contributed by atoms with Crippen LogP contribution in [0.5, 0.6) is 5.75 Å². The number of nitrogens with one attached hydrogen (secondary N) is 1. The quantitative estimate of drug-likeness (QED) is 0.857. The van der Waals surface area contributed by atoms with Crippen molar-refractivity contribution < 1.29 is 14.6 Å². The van der Waals surface area contributed by atoms with E-state index in [4.69, 9.17) is 4.74 Å². The summed E-state index contributed by atoms with van der Waals surface area (Å²) in [5, 5.41) is 13.7. The van der Waals surface area contributed by atoms with Gasteiger partial charge in [-0.2, -0.15) is 0 Å². The number of amides is 1. The highest BCUT2D eigenvalue weighted by Crippen LogP contribution is 2.23. The molecule has 2 heterocycles. The molecule has 1 aromatic carbocycles. The molecule has 3 rings (SSSR count). The van der Waals surface area contributed by atoms with Crippen molar-refractivity contribution in [1.29, 1.82) is 0 Å². The fourth-order valence-electron chi connectivity index (χ4n) is 3.37. The predicted octanol–water partition coefficient (Wildman–Crippen LogP) is 1.17. The highest BCUT2D eigenvalue weighted by atomic mass is 16.5. The Morgan fingerprint density at radius 3 is 2.86 bits per heavy atom. The first-order chi connectivity index (χ1) is 10.8. The first kappa shape index (κ1) is 15.3. The number of para-hydroxylation sites is 1. The van der Waals surface area contributed by atoms with Crippen LogP contribution >= 0.6 is 0 Å². The number of hydrogen-bond donors (Lipinski definition) is 2. The molecule has 0 aromatic heterocycles. The second kappa shape index (κ2) is 7.11. The normalized spacial score (nSPS) is 26.1. The third-order valence-electron chi connectivity index (χ3n) is 4.55. The van der Waals surface area contributed by atoms with Gasteiger partial charge in [-0.25, -0.2) is 0 Å². The van der Waals surface area contributed by atoms with Crippen molar-refractivity contribution in [1.82, 2.24) is 10.2 Å². The second-order valence-corrected chi connectivity index (χ2v) is 6.08. The Balaban J connectivity index is 1.56. The maximum absolute atomic E-state index is 12.5. The van der Waals surface area contributed by atoms with Crippen LogP contribution in [-0.4, -0.2) is 53.8 Å². The number of nitrogens with zero attached hydrogens (tertiary/aromatic N) is 1. The third kappa shape index (κ3) is 3.42. The fraction of sp³-hybridized carbons (Fsp3) is 0.588. The van der Waals surface area contributed by atoms with Gasteiger partial charge < -0.3 is 20.1 Å². The summed E-state index contributed by atoms with van der Waals surface area (Å²) in [4.78, 5) is 14.4. The van der Waals surface area contributed by atoms with Crippen molar-refractivity contribution in [2.45, 2.75) is 43.9 Å². The van der Waals surface area contributed by atoms with E-state index < -0.39 is 6.10 Å². The first-order valence-electron chi connectivity index (χ1n) is 8.15. The lowest BCUT2D eigenvalue weighted by Crippen LogP contribution is -2.50. The van der Waals surface area contributed by atoms with E-state index >= 15 is 0 Å². The molecule has 2 saturated heterocycles. The zero-order chi connectivity index (χ0) is 15.4. The Morgan fingerprint density at radius 2 is 2.14 bits per heavy atom. The van der Waals surface area contributed by atoms with Crippen LogP contribution in [0.2, 0.25) is 0 Å². The molecule has 120 valence electrons. The highest BCUT2D eigenvalue weighted by Gasteiger charge is 2.37. The zero-order valence-electron chi connectivity index (χ0n) is 12.8. The Hall–Kier alpha value is -1.59. The van der Waals surface area contributed by atoms with Crippen molar-refractivity contribution in [3.8, 4) is 5.75 Å². The summed E-state index contributed by atoms with van der Waals surface area (Å²) in [5.41, 5.74) is 0. The van der Waals surface area contributed by atoms with Gasteiger partial charge in [0, 0.05) is 6.54 Å². The number of benzene rings is 1. The van der Waals surface area contributed by atoms with Crippen molar-refractivity contribution in [2.75, 3.05) is 19.7 Å². The minimum absolute atomic E-state index is 0.0668. The van der Waals surface area contributed by atoms with E-state index in [2.05, 4.69) is 5.32 Å². The van der Waals surface area contributed by atoms with Crippen LogP contribution in [0.3, 0.4) is 0 Å². The van der Waals surface area contributed by atoms with Crippen LogP contribution in [0.4, 0.5) is 0 Å². The minimum atomic E-state index is -0.645. The molecule has 22 heavy (non-hydrogen) atoms. The molecule has 2 aliphatic rings. The number of likely N-dealkylation sites (tertiary alicyclic amines) is 1. The summed E-state index contributed by atoms with van der Waals surface area (Å²) in [6.45, 7) is 1.87. The number of carbonyl (C=O) groups excluding carboxylic acids is 1. The highest BCUT2D eigenvalue weighted by molar-refractivity contribution is 5.82. The van der Waals surface area contributed by atoms with E-state index in [1.54, 1.807) is 0 Å². The smallest absolute Gasteiger partial charge is 0.240 e. The number of hydrogen-bond acceptors (Lipinski definition) is 4. The van der Waals surface area contributed by atoms with Gasteiger partial charge in [-0.15, -0.1) is 0 Å². The van der Waals surface area contributed by atoms with Crippen LogP contribution in [0.15, 0.2) is 30.3 Å². The number of aliphatic hydroxyl groups is 1. The van der Waals surface area contributed by atoms with Crippen LogP contribution in [0.25, 0.3) is 0 Å². The Morgan fingerprint density at radius 1 is 1.32 bits per heavy atom. The van der Waals surface area contributed by atoms with Gasteiger partial charge >= 0.3 is 0 Å². The molecule has 0 spiro atoms. The predicted molar refractivity (Wildman–Crippen MR) is 83.7 cm³/mol. The van der Waals surface area contributed by atoms with E-state index in [0.717, 1.165) is 44.5 Å². The number of rotatable bonds is 5. The summed E-state index contributed by atoms with van der Waals surface area (Å²) in [7, 11) is 0. The van der Waals surface area contributed by atoms with Crippen LogP contribution in [-0.2, 0) is 4.79 Å². The molecular weight excluding hydrogens is 280 g/mol. The minimum Gasteiger partial charge on any atom is -0.491 e. The van der Waals surface area contributed by atoms with Crippen molar-refractivity contribution in [2.24, 2.45) is 0 Å². The Bertz CT molecular complexity index is 488. The summed E-state index contributed by atoms with van der Waals surface area (Å²) in [6.07, 6.45) is 3.10. The van der Waals surface area contributed by atoms with E-state index in [0.29, 0.717) is 0 Å². The van der Waals surface area contributed by atoms with Gasteiger partial charge in [-0.05, 0) is 44.4 Å². The molecule has 1 amide bonds. The van der Waals surface area contributed by atoms with Crippen LogP contribution < -0.4 is 10.1 Å². The largest absolute Gasteiger partial charge is 0.491 e. The molecule has 2 fully saturated rings. The van der Waals surface area contributed by atoms with Gasteiger partial charge in [-0.3, -0.25) is 4.79 Å². The molecule has 2 N–H and O–H groups in total. The molecule has 5 nitrogen and oxygen atoms in total. The molecule has 2 aliphatic heterocycles. The summed E-state index contributed by atoms with van der Waals surface area (Å²) in [5.74, 6) is 0.883. The first-order valence-corrected chi connectivity index (χ1v) is 8.15. The van der Waals surface area contributed by atoms with Gasteiger partial charge in [0.25, 0.3) is 0 Å². The lowest BCUT2D eigenvalue weighted by atomic mass is 10.1. The molecule has 1 aromatic rings. The average Bonchev–Trinajstić information content (AvgIpc) is 3.24. The second-order valence-electron chi connectivity index (χ2n) is 6.08.